The van der Waals surface area contributed by atoms with E-state index in [1.165, 1.54) is 0 Å². The Kier molecular flexibility index (Phi) is 2.15. The number of piperidine rings is 1. The zero-order valence-electron chi connectivity index (χ0n) is 6.99. The molecule has 3 nitrogen and oxygen atoms in total. The van der Waals surface area contributed by atoms with Gasteiger partial charge in [-0.05, 0) is 31.5 Å². The van der Waals surface area contributed by atoms with Crippen LogP contribution in [0.2, 0.25) is 0 Å². The molecule has 1 aliphatic heterocycles. The summed E-state index contributed by atoms with van der Waals surface area (Å²) in [5, 5.41) is 3.38. The summed E-state index contributed by atoms with van der Waals surface area (Å²) >= 11 is 0. The van der Waals surface area contributed by atoms with E-state index < -0.39 is 0 Å². The Morgan fingerprint density at radius 3 is 3.17 bits per heavy atom. The van der Waals surface area contributed by atoms with Crippen LogP contribution < -0.4 is 11.1 Å². The highest BCUT2D eigenvalue weighted by Gasteiger charge is 2.21. The molecule has 0 unspecified atom stereocenters. The van der Waals surface area contributed by atoms with Gasteiger partial charge in [0.1, 0.15) is 5.76 Å². The van der Waals surface area contributed by atoms with E-state index in [1.807, 2.05) is 12.1 Å². The largest absolute Gasteiger partial charge is 0.468 e. The third kappa shape index (κ3) is 1.52. The van der Waals surface area contributed by atoms with E-state index in [9.17, 15) is 0 Å². The van der Waals surface area contributed by atoms with Gasteiger partial charge in [0.05, 0.1) is 12.3 Å². The Hall–Kier alpha value is -0.800. The van der Waals surface area contributed by atoms with Crippen molar-refractivity contribution in [2.75, 3.05) is 6.54 Å². The first-order valence-electron chi connectivity index (χ1n) is 4.38. The highest BCUT2D eigenvalue weighted by Crippen LogP contribution is 2.22. The van der Waals surface area contributed by atoms with Crippen LogP contribution in [0.5, 0.6) is 0 Å². The lowest BCUT2D eigenvalue weighted by Gasteiger charge is -2.26. The predicted molar refractivity (Wildman–Crippen MR) is 46.7 cm³/mol. The van der Waals surface area contributed by atoms with Crippen LogP contribution in [0.1, 0.15) is 24.6 Å². The molecule has 1 aromatic heterocycles. The summed E-state index contributed by atoms with van der Waals surface area (Å²) in [5.74, 6) is 1.00. The SMILES string of the molecule is N[C@H]1CCN[C@H](c2ccco2)C1. The second-order valence-electron chi connectivity index (χ2n) is 3.31. The monoisotopic (exact) mass is 166 g/mol. The molecule has 1 aromatic rings. The maximum absolute atomic E-state index is 5.85. The summed E-state index contributed by atoms with van der Waals surface area (Å²) in [6.45, 7) is 0.993. The van der Waals surface area contributed by atoms with Gasteiger partial charge < -0.3 is 15.5 Å². The van der Waals surface area contributed by atoms with Gasteiger partial charge in [0.2, 0.25) is 0 Å². The van der Waals surface area contributed by atoms with Crippen LogP contribution in [-0.4, -0.2) is 12.6 Å². The third-order valence-electron chi connectivity index (χ3n) is 2.33. The Bertz CT molecular complexity index is 233. The number of nitrogens with two attached hydrogens (primary N) is 1. The number of hydrogen-bond donors (Lipinski definition) is 2. The molecule has 1 saturated heterocycles. The minimum atomic E-state index is 0.321. The zero-order valence-corrected chi connectivity index (χ0v) is 6.99. The standard InChI is InChI=1S/C9H14N2O/c10-7-3-4-11-8(6-7)9-2-1-5-12-9/h1-2,5,7-8,11H,3-4,6,10H2/t7-,8-/m0/s1. The molecular formula is C9H14N2O. The Morgan fingerprint density at radius 1 is 1.58 bits per heavy atom. The van der Waals surface area contributed by atoms with Crippen LogP contribution in [0, 0.1) is 0 Å². The molecule has 1 fully saturated rings. The minimum Gasteiger partial charge on any atom is -0.468 e. The van der Waals surface area contributed by atoms with Gasteiger partial charge in [-0.3, -0.25) is 0 Å². The molecule has 0 aromatic carbocycles. The van der Waals surface area contributed by atoms with Crippen molar-refractivity contribution in [1.82, 2.24) is 5.32 Å². The number of furan rings is 1. The fraction of sp³-hybridized carbons (Fsp3) is 0.556. The molecular weight excluding hydrogens is 152 g/mol. The van der Waals surface area contributed by atoms with Crippen LogP contribution in [0.3, 0.4) is 0 Å². The molecule has 3 heteroatoms. The van der Waals surface area contributed by atoms with Gasteiger partial charge >= 0.3 is 0 Å². The van der Waals surface area contributed by atoms with E-state index in [4.69, 9.17) is 10.2 Å². The first-order chi connectivity index (χ1) is 5.86. The highest BCUT2D eigenvalue weighted by molar-refractivity contribution is 5.06. The summed E-state index contributed by atoms with van der Waals surface area (Å²) in [6.07, 6.45) is 3.75. The molecule has 3 N–H and O–H groups in total. The van der Waals surface area contributed by atoms with Crippen molar-refractivity contribution in [1.29, 1.82) is 0 Å². The lowest BCUT2D eigenvalue weighted by atomic mass is 9.99. The van der Waals surface area contributed by atoms with E-state index in [0.717, 1.165) is 25.1 Å². The minimum absolute atomic E-state index is 0.321. The van der Waals surface area contributed by atoms with Crippen LogP contribution >= 0.6 is 0 Å². The van der Waals surface area contributed by atoms with Crippen LogP contribution in [0.15, 0.2) is 22.8 Å². The van der Waals surface area contributed by atoms with E-state index in [1.54, 1.807) is 6.26 Å². The highest BCUT2D eigenvalue weighted by atomic mass is 16.3. The van der Waals surface area contributed by atoms with E-state index in [2.05, 4.69) is 5.32 Å². The first-order valence-corrected chi connectivity index (χ1v) is 4.38. The summed E-state index contributed by atoms with van der Waals surface area (Å²) in [5.41, 5.74) is 5.85. The molecule has 2 rings (SSSR count). The number of hydrogen-bond acceptors (Lipinski definition) is 3. The fourth-order valence-electron chi connectivity index (χ4n) is 1.65. The van der Waals surface area contributed by atoms with E-state index in [-0.39, 0.29) is 0 Å². The maximum atomic E-state index is 5.85. The number of nitrogens with one attached hydrogen (secondary N) is 1. The smallest absolute Gasteiger partial charge is 0.120 e. The molecule has 2 heterocycles. The Balaban J connectivity index is 2.04. The third-order valence-corrected chi connectivity index (χ3v) is 2.33. The average molecular weight is 166 g/mol. The lowest BCUT2D eigenvalue weighted by molar-refractivity contribution is 0.322. The van der Waals surface area contributed by atoms with Crippen LogP contribution in [0.4, 0.5) is 0 Å². The molecule has 0 bridgehead atoms. The van der Waals surface area contributed by atoms with Gasteiger partial charge in [-0.15, -0.1) is 0 Å². The molecule has 0 spiro atoms. The normalized spacial score (nSPS) is 30.4. The van der Waals surface area contributed by atoms with Gasteiger partial charge in [-0.25, -0.2) is 0 Å². The predicted octanol–water partition coefficient (Wildman–Crippen LogP) is 1.03. The molecule has 66 valence electrons. The van der Waals surface area contributed by atoms with Crippen molar-refractivity contribution in [3.8, 4) is 0 Å². The van der Waals surface area contributed by atoms with Gasteiger partial charge in [0.25, 0.3) is 0 Å². The van der Waals surface area contributed by atoms with E-state index in [0.29, 0.717) is 12.1 Å². The molecule has 0 saturated carbocycles. The molecule has 1 aliphatic rings. The quantitative estimate of drug-likeness (QED) is 0.655. The molecule has 12 heavy (non-hydrogen) atoms. The Morgan fingerprint density at radius 2 is 2.50 bits per heavy atom. The molecule has 2 atom stereocenters. The van der Waals surface area contributed by atoms with Gasteiger partial charge in [0.15, 0.2) is 0 Å². The van der Waals surface area contributed by atoms with Gasteiger partial charge in [-0.2, -0.15) is 0 Å². The molecule has 0 aliphatic carbocycles. The number of rotatable bonds is 1. The van der Waals surface area contributed by atoms with Crippen molar-refractivity contribution < 1.29 is 4.42 Å². The molecule has 0 radical (unpaired) electrons. The molecule has 0 amide bonds. The van der Waals surface area contributed by atoms with Gasteiger partial charge in [-0.1, -0.05) is 0 Å². The van der Waals surface area contributed by atoms with Crippen molar-refractivity contribution in [2.24, 2.45) is 5.73 Å². The second kappa shape index (κ2) is 3.29. The fourth-order valence-corrected chi connectivity index (χ4v) is 1.65. The maximum Gasteiger partial charge on any atom is 0.120 e. The lowest BCUT2D eigenvalue weighted by Crippen LogP contribution is -2.38. The van der Waals surface area contributed by atoms with E-state index >= 15 is 0 Å². The van der Waals surface area contributed by atoms with Crippen LogP contribution in [0.25, 0.3) is 0 Å². The van der Waals surface area contributed by atoms with Crippen molar-refractivity contribution in [2.45, 2.75) is 24.9 Å². The first kappa shape index (κ1) is 7.83. The van der Waals surface area contributed by atoms with Crippen molar-refractivity contribution >= 4 is 0 Å². The summed E-state index contributed by atoms with van der Waals surface area (Å²) in [6, 6.07) is 4.55. The summed E-state index contributed by atoms with van der Waals surface area (Å²) in [7, 11) is 0. The van der Waals surface area contributed by atoms with Gasteiger partial charge in [0, 0.05) is 6.04 Å². The van der Waals surface area contributed by atoms with Crippen molar-refractivity contribution in [3.05, 3.63) is 24.2 Å². The average Bonchev–Trinajstić information content (AvgIpc) is 2.56. The summed E-state index contributed by atoms with van der Waals surface area (Å²) < 4.78 is 5.30. The second-order valence-corrected chi connectivity index (χ2v) is 3.31. The van der Waals surface area contributed by atoms with Crippen LogP contribution in [-0.2, 0) is 0 Å². The topological polar surface area (TPSA) is 51.2 Å². The van der Waals surface area contributed by atoms with Crippen molar-refractivity contribution in [3.63, 3.8) is 0 Å². The summed E-state index contributed by atoms with van der Waals surface area (Å²) in [4.78, 5) is 0. The Labute approximate surface area is 71.9 Å². The zero-order chi connectivity index (χ0) is 8.39.